The van der Waals surface area contributed by atoms with Crippen molar-refractivity contribution in [1.82, 2.24) is 0 Å². The van der Waals surface area contributed by atoms with Crippen molar-refractivity contribution in [3.05, 3.63) is 11.1 Å². The Morgan fingerprint density at radius 2 is 1.50 bits per heavy atom. The lowest BCUT2D eigenvalue weighted by Crippen LogP contribution is -2.13. The average molecular weight is 282 g/mol. The monoisotopic (exact) mass is 282 g/mol. The van der Waals surface area contributed by atoms with Gasteiger partial charge in [0.1, 0.15) is 0 Å². The Bertz CT molecular complexity index is 308. The number of hydrogen-bond acceptors (Lipinski definition) is 2. The van der Waals surface area contributed by atoms with Crippen LogP contribution in [0.3, 0.4) is 0 Å². The molecule has 0 aromatic rings. The highest BCUT2D eigenvalue weighted by Gasteiger charge is 2.18. The van der Waals surface area contributed by atoms with Gasteiger partial charge in [0.15, 0.2) is 0 Å². The van der Waals surface area contributed by atoms with E-state index in [-0.39, 0.29) is 5.97 Å². The van der Waals surface area contributed by atoms with Gasteiger partial charge in [0.25, 0.3) is 0 Å². The van der Waals surface area contributed by atoms with E-state index in [2.05, 4.69) is 34.6 Å². The Hall–Kier alpha value is -0.790. The number of carbonyl (C=O) groups is 1. The van der Waals surface area contributed by atoms with Crippen molar-refractivity contribution in [2.45, 2.75) is 86.5 Å². The van der Waals surface area contributed by atoms with Crippen LogP contribution in [0.1, 0.15) is 86.5 Å². The molecular weight excluding hydrogens is 248 g/mol. The van der Waals surface area contributed by atoms with E-state index in [1.165, 1.54) is 5.57 Å². The molecule has 0 aliphatic carbocycles. The van der Waals surface area contributed by atoms with Crippen LogP contribution in [0, 0.1) is 5.41 Å². The molecule has 0 aromatic heterocycles. The molecular formula is C18H34O2. The van der Waals surface area contributed by atoms with Crippen molar-refractivity contribution in [3.8, 4) is 0 Å². The third kappa shape index (κ3) is 8.39. The van der Waals surface area contributed by atoms with Gasteiger partial charge in [-0.3, -0.25) is 0 Å². The van der Waals surface area contributed by atoms with Gasteiger partial charge in [0, 0.05) is 5.57 Å². The normalized spacial score (nSPS) is 13.1. The second kappa shape index (κ2) is 10.0. The highest BCUT2D eigenvalue weighted by Crippen LogP contribution is 2.28. The molecule has 0 unspecified atom stereocenters. The van der Waals surface area contributed by atoms with Crippen LogP contribution in [0.2, 0.25) is 0 Å². The number of ether oxygens (including phenoxy) is 1. The summed E-state index contributed by atoms with van der Waals surface area (Å²) in [6.07, 6.45) is 6.99. The van der Waals surface area contributed by atoms with Gasteiger partial charge in [-0.1, -0.05) is 60.0 Å². The molecule has 0 aliphatic rings. The quantitative estimate of drug-likeness (QED) is 0.403. The Morgan fingerprint density at radius 1 is 0.900 bits per heavy atom. The van der Waals surface area contributed by atoms with E-state index in [4.69, 9.17) is 4.74 Å². The first-order chi connectivity index (χ1) is 9.35. The van der Waals surface area contributed by atoms with E-state index >= 15 is 0 Å². The standard InChI is InChI=1S/C18H34O2/c1-7-10-15(12-13-18(4,5)6)16(11-8-2)17(19)20-14-9-3/h7-14H2,1-6H3. The minimum absolute atomic E-state index is 0.0777. The maximum atomic E-state index is 12.3. The zero-order valence-electron chi connectivity index (χ0n) is 14.5. The molecule has 0 aliphatic heterocycles. The summed E-state index contributed by atoms with van der Waals surface area (Å²) in [6, 6.07) is 0. The minimum Gasteiger partial charge on any atom is -0.462 e. The van der Waals surface area contributed by atoms with Crippen LogP contribution in [-0.4, -0.2) is 12.6 Å². The van der Waals surface area contributed by atoms with Crippen molar-refractivity contribution in [2.75, 3.05) is 6.61 Å². The topological polar surface area (TPSA) is 26.3 Å². The number of allylic oxidation sites excluding steroid dienone is 1. The minimum atomic E-state index is -0.0777. The summed E-state index contributed by atoms with van der Waals surface area (Å²) in [4.78, 5) is 12.3. The molecule has 0 rings (SSSR count). The van der Waals surface area contributed by atoms with Crippen LogP contribution >= 0.6 is 0 Å². The third-order valence-corrected chi connectivity index (χ3v) is 3.34. The first-order valence-electron chi connectivity index (χ1n) is 8.23. The van der Waals surface area contributed by atoms with E-state index in [0.29, 0.717) is 12.0 Å². The molecule has 2 heteroatoms. The van der Waals surface area contributed by atoms with E-state index in [1.807, 2.05) is 6.92 Å². The number of carbonyl (C=O) groups excluding carboxylic acids is 1. The lowest BCUT2D eigenvalue weighted by atomic mass is 9.86. The van der Waals surface area contributed by atoms with Crippen LogP contribution in [0.4, 0.5) is 0 Å². The smallest absolute Gasteiger partial charge is 0.333 e. The molecule has 0 bridgehead atoms. The summed E-state index contributed by atoms with van der Waals surface area (Å²) in [7, 11) is 0. The van der Waals surface area contributed by atoms with Crippen molar-refractivity contribution in [2.24, 2.45) is 5.41 Å². The fraction of sp³-hybridized carbons (Fsp3) is 0.833. The molecule has 0 heterocycles. The van der Waals surface area contributed by atoms with Crippen LogP contribution in [0.5, 0.6) is 0 Å². The third-order valence-electron chi connectivity index (χ3n) is 3.34. The maximum Gasteiger partial charge on any atom is 0.333 e. The van der Waals surface area contributed by atoms with Gasteiger partial charge in [-0.25, -0.2) is 4.79 Å². The Labute approximate surface area is 126 Å². The first-order valence-corrected chi connectivity index (χ1v) is 8.23. The molecule has 118 valence electrons. The number of hydrogen-bond donors (Lipinski definition) is 0. The molecule has 0 atom stereocenters. The lowest BCUT2D eigenvalue weighted by Gasteiger charge is -2.21. The molecule has 0 fully saturated rings. The zero-order valence-corrected chi connectivity index (χ0v) is 14.5. The van der Waals surface area contributed by atoms with Gasteiger partial charge < -0.3 is 4.74 Å². The maximum absolute atomic E-state index is 12.3. The Kier molecular flexibility index (Phi) is 9.62. The summed E-state index contributed by atoms with van der Waals surface area (Å²) >= 11 is 0. The summed E-state index contributed by atoms with van der Waals surface area (Å²) in [5.74, 6) is -0.0777. The summed E-state index contributed by atoms with van der Waals surface area (Å²) in [5.41, 5.74) is 2.58. The van der Waals surface area contributed by atoms with Crippen LogP contribution in [-0.2, 0) is 9.53 Å². The van der Waals surface area contributed by atoms with Gasteiger partial charge >= 0.3 is 5.97 Å². The summed E-state index contributed by atoms with van der Waals surface area (Å²) in [6.45, 7) is 13.6. The first kappa shape index (κ1) is 19.2. The molecule has 0 aromatic carbocycles. The van der Waals surface area contributed by atoms with E-state index in [0.717, 1.165) is 50.5 Å². The molecule has 2 nitrogen and oxygen atoms in total. The molecule has 0 N–H and O–H groups in total. The highest BCUT2D eigenvalue weighted by molar-refractivity contribution is 5.89. The molecule has 0 spiro atoms. The van der Waals surface area contributed by atoms with E-state index in [9.17, 15) is 4.79 Å². The molecule has 0 saturated carbocycles. The van der Waals surface area contributed by atoms with E-state index in [1.54, 1.807) is 0 Å². The predicted molar refractivity (Wildman–Crippen MR) is 86.8 cm³/mol. The molecule has 0 radical (unpaired) electrons. The lowest BCUT2D eigenvalue weighted by molar-refractivity contribution is -0.139. The van der Waals surface area contributed by atoms with Crippen molar-refractivity contribution in [1.29, 1.82) is 0 Å². The van der Waals surface area contributed by atoms with Gasteiger partial charge in [-0.05, 0) is 37.5 Å². The number of rotatable bonds is 9. The fourth-order valence-corrected chi connectivity index (χ4v) is 2.21. The van der Waals surface area contributed by atoms with Gasteiger partial charge in [0.2, 0.25) is 0 Å². The second-order valence-electron chi connectivity index (χ2n) is 6.78. The molecule has 0 amide bonds. The van der Waals surface area contributed by atoms with Crippen molar-refractivity contribution < 1.29 is 9.53 Å². The van der Waals surface area contributed by atoms with Crippen LogP contribution in [0.15, 0.2) is 11.1 Å². The molecule has 0 saturated heterocycles. The van der Waals surface area contributed by atoms with Crippen molar-refractivity contribution in [3.63, 3.8) is 0 Å². The Morgan fingerprint density at radius 3 is 1.95 bits per heavy atom. The number of esters is 1. The largest absolute Gasteiger partial charge is 0.462 e. The average Bonchev–Trinajstić information content (AvgIpc) is 2.37. The van der Waals surface area contributed by atoms with Gasteiger partial charge in [0.05, 0.1) is 6.61 Å². The SMILES string of the molecule is CCCOC(=O)C(CCC)=C(CCC)CCC(C)(C)C. The molecule has 20 heavy (non-hydrogen) atoms. The zero-order chi connectivity index (χ0) is 15.6. The fourth-order valence-electron chi connectivity index (χ4n) is 2.21. The second-order valence-corrected chi connectivity index (χ2v) is 6.78. The summed E-state index contributed by atoms with van der Waals surface area (Å²) < 4.78 is 5.37. The van der Waals surface area contributed by atoms with Crippen LogP contribution in [0.25, 0.3) is 0 Å². The summed E-state index contributed by atoms with van der Waals surface area (Å²) in [5, 5.41) is 0. The van der Waals surface area contributed by atoms with E-state index < -0.39 is 0 Å². The predicted octanol–water partition coefficient (Wildman–Crippen LogP) is 5.66. The van der Waals surface area contributed by atoms with Crippen LogP contribution < -0.4 is 0 Å². The Balaban J connectivity index is 5.04. The van der Waals surface area contributed by atoms with Gasteiger partial charge in [-0.15, -0.1) is 0 Å². The van der Waals surface area contributed by atoms with Crippen molar-refractivity contribution >= 4 is 5.97 Å². The van der Waals surface area contributed by atoms with Gasteiger partial charge in [-0.2, -0.15) is 0 Å². The highest BCUT2D eigenvalue weighted by atomic mass is 16.5.